The van der Waals surface area contributed by atoms with Gasteiger partial charge in [-0.15, -0.1) is 0 Å². The molecule has 0 saturated heterocycles. The third-order valence-electron chi connectivity index (χ3n) is 3.25. The molecule has 1 heterocycles. The maximum atomic E-state index is 5.85. The SMILES string of the molecule is Nc1ccc(-c2cc(-c3ccccc3)ccn2)cc1N. The summed E-state index contributed by atoms with van der Waals surface area (Å²) in [7, 11) is 0. The van der Waals surface area contributed by atoms with Crippen molar-refractivity contribution in [3.8, 4) is 22.4 Å². The van der Waals surface area contributed by atoms with E-state index in [0.717, 1.165) is 16.8 Å². The van der Waals surface area contributed by atoms with Gasteiger partial charge in [-0.3, -0.25) is 4.98 Å². The van der Waals surface area contributed by atoms with E-state index in [1.807, 2.05) is 48.7 Å². The molecule has 98 valence electrons. The molecule has 1 aromatic heterocycles. The predicted molar refractivity (Wildman–Crippen MR) is 83.9 cm³/mol. The van der Waals surface area contributed by atoms with Crippen LogP contribution in [0.4, 0.5) is 11.4 Å². The van der Waals surface area contributed by atoms with Gasteiger partial charge in [0.2, 0.25) is 0 Å². The first kappa shape index (κ1) is 12.2. The van der Waals surface area contributed by atoms with Gasteiger partial charge in [-0.1, -0.05) is 36.4 Å². The van der Waals surface area contributed by atoms with E-state index in [1.165, 1.54) is 5.56 Å². The molecule has 0 spiro atoms. The summed E-state index contributed by atoms with van der Waals surface area (Å²) in [5.74, 6) is 0. The van der Waals surface area contributed by atoms with Crippen LogP contribution in [0.25, 0.3) is 22.4 Å². The zero-order valence-electron chi connectivity index (χ0n) is 11.0. The van der Waals surface area contributed by atoms with Gasteiger partial charge in [0.05, 0.1) is 17.1 Å². The Morgan fingerprint density at radius 1 is 0.650 bits per heavy atom. The summed E-state index contributed by atoms with van der Waals surface area (Å²) in [5.41, 5.74) is 16.9. The highest BCUT2D eigenvalue weighted by Crippen LogP contribution is 2.27. The highest BCUT2D eigenvalue weighted by molar-refractivity contribution is 5.75. The van der Waals surface area contributed by atoms with Crippen LogP contribution in [0.15, 0.2) is 66.9 Å². The second-order valence-corrected chi connectivity index (χ2v) is 4.64. The Labute approximate surface area is 117 Å². The van der Waals surface area contributed by atoms with Crippen LogP contribution in [0.2, 0.25) is 0 Å². The molecule has 20 heavy (non-hydrogen) atoms. The molecule has 0 aliphatic carbocycles. The number of hydrogen-bond acceptors (Lipinski definition) is 3. The lowest BCUT2D eigenvalue weighted by atomic mass is 10.0. The van der Waals surface area contributed by atoms with Crippen molar-refractivity contribution in [1.82, 2.24) is 4.98 Å². The molecule has 0 aliphatic rings. The van der Waals surface area contributed by atoms with E-state index in [2.05, 4.69) is 23.2 Å². The van der Waals surface area contributed by atoms with E-state index in [9.17, 15) is 0 Å². The molecule has 4 N–H and O–H groups in total. The van der Waals surface area contributed by atoms with Gasteiger partial charge in [0.25, 0.3) is 0 Å². The third-order valence-corrected chi connectivity index (χ3v) is 3.25. The van der Waals surface area contributed by atoms with Crippen molar-refractivity contribution >= 4 is 11.4 Å². The van der Waals surface area contributed by atoms with Crippen molar-refractivity contribution in [1.29, 1.82) is 0 Å². The summed E-state index contributed by atoms with van der Waals surface area (Å²) < 4.78 is 0. The monoisotopic (exact) mass is 261 g/mol. The lowest BCUT2D eigenvalue weighted by molar-refractivity contribution is 1.33. The summed E-state index contributed by atoms with van der Waals surface area (Å²) in [6.45, 7) is 0. The minimum Gasteiger partial charge on any atom is -0.397 e. The number of nitrogens with zero attached hydrogens (tertiary/aromatic N) is 1. The molecule has 3 heteroatoms. The van der Waals surface area contributed by atoms with E-state index in [1.54, 1.807) is 0 Å². The fourth-order valence-electron chi connectivity index (χ4n) is 2.13. The van der Waals surface area contributed by atoms with Crippen molar-refractivity contribution < 1.29 is 0 Å². The number of nitrogen functional groups attached to an aromatic ring is 2. The number of aromatic nitrogens is 1. The topological polar surface area (TPSA) is 64.9 Å². The normalized spacial score (nSPS) is 10.4. The van der Waals surface area contributed by atoms with Crippen LogP contribution < -0.4 is 11.5 Å². The third kappa shape index (κ3) is 2.34. The molecule has 3 rings (SSSR count). The second kappa shape index (κ2) is 5.05. The van der Waals surface area contributed by atoms with Gasteiger partial charge in [-0.2, -0.15) is 0 Å². The molecule has 3 aromatic rings. The zero-order valence-corrected chi connectivity index (χ0v) is 11.0. The molecule has 0 amide bonds. The number of anilines is 2. The molecule has 0 fully saturated rings. The van der Waals surface area contributed by atoms with Gasteiger partial charge in [0.1, 0.15) is 0 Å². The average molecular weight is 261 g/mol. The van der Waals surface area contributed by atoms with Crippen molar-refractivity contribution in [2.45, 2.75) is 0 Å². The van der Waals surface area contributed by atoms with Gasteiger partial charge >= 0.3 is 0 Å². The van der Waals surface area contributed by atoms with Crippen LogP contribution in [0.5, 0.6) is 0 Å². The average Bonchev–Trinajstić information content (AvgIpc) is 2.51. The molecule has 0 saturated carbocycles. The number of nitrogens with two attached hydrogens (primary N) is 2. The maximum absolute atomic E-state index is 5.85. The van der Waals surface area contributed by atoms with Gasteiger partial charge in [-0.05, 0) is 35.4 Å². The van der Waals surface area contributed by atoms with Crippen molar-refractivity contribution in [2.24, 2.45) is 0 Å². The van der Waals surface area contributed by atoms with Gasteiger partial charge in [-0.25, -0.2) is 0 Å². The Morgan fingerprint density at radius 3 is 2.20 bits per heavy atom. The minimum absolute atomic E-state index is 0.578. The number of benzene rings is 2. The zero-order chi connectivity index (χ0) is 13.9. The Balaban J connectivity index is 2.05. The van der Waals surface area contributed by atoms with Gasteiger partial charge in [0.15, 0.2) is 0 Å². The van der Waals surface area contributed by atoms with E-state index in [0.29, 0.717) is 11.4 Å². The largest absolute Gasteiger partial charge is 0.397 e. The van der Waals surface area contributed by atoms with Crippen LogP contribution in [-0.2, 0) is 0 Å². The predicted octanol–water partition coefficient (Wildman–Crippen LogP) is 3.58. The molecule has 0 unspecified atom stereocenters. The van der Waals surface area contributed by atoms with Crippen LogP contribution in [0.1, 0.15) is 0 Å². The maximum Gasteiger partial charge on any atom is 0.0708 e. The molecule has 0 aliphatic heterocycles. The second-order valence-electron chi connectivity index (χ2n) is 4.64. The first-order chi connectivity index (χ1) is 9.74. The van der Waals surface area contributed by atoms with E-state index >= 15 is 0 Å². The molecule has 0 bridgehead atoms. The Bertz CT molecular complexity index is 736. The lowest BCUT2D eigenvalue weighted by Crippen LogP contribution is -1.95. The van der Waals surface area contributed by atoms with E-state index in [4.69, 9.17) is 11.5 Å². The van der Waals surface area contributed by atoms with Crippen molar-refractivity contribution in [2.75, 3.05) is 11.5 Å². The number of hydrogen-bond donors (Lipinski definition) is 2. The molecular formula is C17H15N3. The van der Waals surface area contributed by atoms with E-state index in [-0.39, 0.29) is 0 Å². The summed E-state index contributed by atoms with van der Waals surface area (Å²) in [5, 5.41) is 0. The summed E-state index contributed by atoms with van der Waals surface area (Å²) >= 11 is 0. The highest BCUT2D eigenvalue weighted by atomic mass is 14.7. The molecule has 0 atom stereocenters. The fourth-order valence-corrected chi connectivity index (χ4v) is 2.13. The van der Waals surface area contributed by atoms with Crippen LogP contribution in [-0.4, -0.2) is 4.98 Å². The lowest BCUT2D eigenvalue weighted by Gasteiger charge is -2.07. The van der Waals surface area contributed by atoms with Gasteiger partial charge < -0.3 is 11.5 Å². The molecule has 0 radical (unpaired) electrons. The summed E-state index contributed by atoms with van der Waals surface area (Å²) in [4.78, 5) is 4.41. The minimum atomic E-state index is 0.578. The number of pyridine rings is 1. The Morgan fingerprint density at radius 2 is 1.45 bits per heavy atom. The molecule has 2 aromatic carbocycles. The van der Waals surface area contributed by atoms with Crippen molar-refractivity contribution in [3.63, 3.8) is 0 Å². The first-order valence-corrected chi connectivity index (χ1v) is 6.41. The molecule has 3 nitrogen and oxygen atoms in total. The van der Waals surface area contributed by atoms with Gasteiger partial charge in [0, 0.05) is 11.8 Å². The molecular weight excluding hydrogens is 246 g/mol. The summed E-state index contributed by atoms with van der Waals surface area (Å²) in [6.07, 6.45) is 1.81. The Hall–Kier alpha value is -2.81. The quantitative estimate of drug-likeness (QED) is 0.693. The van der Waals surface area contributed by atoms with E-state index < -0.39 is 0 Å². The Kier molecular flexibility index (Phi) is 3.09. The first-order valence-electron chi connectivity index (χ1n) is 6.41. The highest BCUT2D eigenvalue weighted by Gasteiger charge is 2.04. The van der Waals surface area contributed by atoms with Crippen LogP contribution in [0, 0.1) is 0 Å². The van der Waals surface area contributed by atoms with Crippen LogP contribution >= 0.6 is 0 Å². The smallest absolute Gasteiger partial charge is 0.0708 e. The number of rotatable bonds is 2. The van der Waals surface area contributed by atoms with Crippen LogP contribution in [0.3, 0.4) is 0 Å². The fraction of sp³-hybridized carbons (Fsp3) is 0. The summed E-state index contributed by atoms with van der Waals surface area (Å²) in [6, 6.07) is 19.9. The standard InChI is InChI=1S/C17H15N3/c18-15-7-6-14(10-16(15)19)17-11-13(8-9-20-17)12-4-2-1-3-5-12/h1-11H,18-19H2. The van der Waals surface area contributed by atoms with Crippen molar-refractivity contribution in [3.05, 3.63) is 66.9 Å².